The summed E-state index contributed by atoms with van der Waals surface area (Å²) in [4.78, 5) is 0. The maximum Gasteiger partial charge on any atom is 0.0622 e. The second kappa shape index (κ2) is 6.40. The van der Waals surface area contributed by atoms with E-state index in [0.717, 1.165) is 19.5 Å². The Labute approximate surface area is 114 Å². The largest absolute Gasteiger partial charge is 0.347 e. The van der Waals surface area contributed by atoms with Crippen molar-refractivity contribution in [3.05, 3.63) is 36.0 Å². The average Bonchev–Trinajstić information content (AvgIpc) is 2.79. The molecule has 0 aliphatic rings. The molecule has 0 radical (unpaired) electrons. The third-order valence-electron chi connectivity index (χ3n) is 3.24. The molecule has 0 aliphatic heterocycles. The highest BCUT2D eigenvalue weighted by Crippen LogP contribution is 2.18. The van der Waals surface area contributed by atoms with Crippen LogP contribution in [0.4, 0.5) is 0 Å². The van der Waals surface area contributed by atoms with Gasteiger partial charge >= 0.3 is 0 Å². The van der Waals surface area contributed by atoms with Crippen LogP contribution in [-0.2, 0) is 13.1 Å². The number of unbranched alkanes of at least 4 members (excludes halogenated alkanes) is 1. The SMILES string of the molecule is CC(C)NCc1ccc2ccn(CCCC#N)c2c1. The van der Waals surface area contributed by atoms with Gasteiger partial charge in [0.2, 0.25) is 0 Å². The maximum atomic E-state index is 8.61. The van der Waals surface area contributed by atoms with Gasteiger partial charge in [-0.15, -0.1) is 0 Å². The number of hydrogen-bond acceptors (Lipinski definition) is 2. The first kappa shape index (κ1) is 13.6. The van der Waals surface area contributed by atoms with Crippen molar-refractivity contribution in [2.24, 2.45) is 0 Å². The molecule has 0 saturated carbocycles. The van der Waals surface area contributed by atoms with Crippen LogP contribution < -0.4 is 5.32 Å². The van der Waals surface area contributed by atoms with E-state index in [0.29, 0.717) is 12.5 Å². The van der Waals surface area contributed by atoms with Crippen molar-refractivity contribution in [3.63, 3.8) is 0 Å². The van der Waals surface area contributed by atoms with Crippen molar-refractivity contribution in [1.29, 1.82) is 5.26 Å². The van der Waals surface area contributed by atoms with Crippen LogP contribution in [0.2, 0.25) is 0 Å². The molecular formula is C16H21N3. The van der Waals surface area contributed by atoms with Crippen LogP contribution in [0.1, 0.15) is 32.3 Å². The van der Waals surface area contributed by atoms with Gasteiger partial charge in [0, 0.05) is 37.3 Å². The zero-order valence-corrected chi connectivity index (χ0v) is 11.7. The lowest BCUT2D eigenvalue weighted by Crippen LogP contribution is -2.21. The Morgan fingerprint density at radius 2 is 2.16 bits per heavy atom. The molecule has 0 fully saturated rings. The van der Waals surface area contributed by atoms with Crippen LogP contribution in [-0.4, -0.2) is 10.6 Å². The lowest BCUT2D eigenvalue weighted by Gasteiger charge is -2.09. The summed E-state index contributed by atoms with van der Waals surface area (Å²) in [6.07, 6.45) is 3.64. The van der Waals surface area contributed by atoms with Gasteiger partial charge in [-0.25, -0.2) is 0 Å². The number of nitrogens with one attached hydrogen (secondary N) is 1. The second-order valence-electron chi connectivity index (χ2n) is 5.20. The molecule has 3 nitrogen and oxygen atoms in total. The van der Waals surface area contributed by atoms with E-state index in [1.54, 1.807) is 0 Å². The number of nitrogens with zero attached hydrogens (tertiary/aromatic N) is 2. The number of benzene rings is 1. The summed E-state index contributed by atoms with van der Waals surface area (Å²) in [6, 6.07) is 11.4. The molecule has 0 aliphatic carbocycles. The van der Waals surface area contributed by atoms with Gasteiger partial charge in [0.25, 0.3) is 0 Å². The smallest absolute Gasteiger partial charge is 0.0622 e. The molecule has 2 rings (SSSR count). The summed E-state index contributed by atoms with van der Waals surface area (Å²) in [5.41, 5.74) is 2.57. The number of nitriles is 1. The van der Waals surface area contributed by atoms with Gasteiger partial charge in [-0.2, -0.15) is 5.26 Å². The van der Waals surface area contributed by atoms with Gasteiger partial charge in [0.1, 0.15) is 0 Å². The molecule has 100 valence electrons. The van der Waals surface area contributed by atoms with Crippen LogP contribution in [0.3, 0.4) is 0 Å². The van der Waals surface area contributed by atoms with E-state index in [2.05, 4.69) is 60.3 Å². The van der Waals surface area contributed by atoms with Crippen molar-refractivity contribution >= 4 is 10.9 Å². The number of aryl methyl sites for hydroxylation is 1. The summed E-state index contributed by atoms with van der Waals surface area (Å²) in [6.45, 7) is 6.13. The molecule has 0 atom stereocenters. The minimum atomic E-state index is 0.498. The van der Waals surface area contributed by atoms with Gasteiger partial charge < -0.3 is 9.88 Å². The van der Waals surface area contributed by atoms with E-state index in [1.165, 1.54) is 16.5 Å². The van der Waals surface area contributed by atoms with Crippen molar-refractivity contribution < 1.29 is 0 Å². The first-order valence-corrected chi connectivity index (χ1v) is 6.89. The Hall–Kier alpha value is -1.79. The fourth-order valence-electron chi connectivity index (χ4n) is 2.18. The third kappa shape index (κ3) is 3.59. The first-order chi connectivity index (χ1) is 9.20. The van der Waals surface area contributed by atoms with Gasteiger partial charge in [-0.1, -0.05) is 26.0 Å². The highest BCUT2D eigenvalue weighted by atomic mass is 14.9. The van der Waals surface area contributed by atoms with Gasteiger partial charge in [-0.05, 0) is 29.5 Å². The van der Waals surface area contributed by atoms with Crippen molar-refractivity contribution in [1.82, 2.24) is 9.88 Å². The Bertz CT molecular complexity index is 575. The molecule has 0 spiro atoms. The van der Waals surface area contributed by atoms with Gasteiger partial charge in [0.15, 0.2) is 0 Å². The lowest BCUT2D eigenvalue weighted by molar-refractivity contribution is 0.589. The Morgan fingerprint density at radius 3 is 2.89 bits per heavy atom. The van der Waals surface area contributed by atoms with E-state index in [9.17, 15) is 0 Å². The molecule has 1 aromatic heterocycles. The van der Waals surface area contributed by atoms with Crippen LogP contribution >= 0.6 is 0 Å². The van der Waals surface area contributed by atoms with E-state index in [4.69, 9.17) is 5.26 Å². The molecule has 1 aromatic carbocycles. The minimum Gasteiger partial charge on any atom is -0.347 e. The van der Waals surface area contributed by atoms with E-state index < -0.39 is 0 Å². The average molecular weight is 255 g/mol. The number of hydrogen-bond donors (Lipinski definition) is 1. The summed E-state index contributed by atoms with van der Waals surface area (Å²) >= 11 is 0. The van der Waals surface area contributed by atoms with Crippen LogP contribution in [0.15, 0.2) is 30.5 Å². The zero-order valence-electron chi connectivity index (χ0n) is 11.7. The predicted molar refractivity (Wildman–Crippen MR) is 78.8 cm³/mol. The van der Waals surface area contributed by atoms with Crippen LogP contribution in [0.5, 0.6) is 0 Å². The van der Waals surface area contributed by atoms with E-state index in [1.807, 2.05) is 0 Å². The fourth-order valence-corrected chi connectivity index (χ4v) is 2.18. The summed E-state index contributed by atoms with van der Waals surface area (Å²) < 4.78 is 2.24. The van der Waals surface area contributed by atoms with Crippen molar-refractivity contribution in [2.45, 2.75) is 45.8 Å². The number of rotatable bonds is 6. The molecule has 0 saturated heterocycles. The second-order valence-corrected chi connectivity index (χ2v) is 5.20. The quantitative estimate of drug-likeness (QED) is 0.803. The Morgan fingerprint density at radius 1 is 1.32 bits per heavy atom. The van der Waals surface area contributed by atoms with Crippen molar-refractivity contribution in [2.75, 3.05) is 0 Å². The maximum absolute atomic E-state index is 8.61. The zero-order chi connectivity index (χ0) is 13.7. The Balaban J connectivity index is 2.15. The van der Waals surface area contributed by atoms with Gasteiger partial charge in [0.05, 0.1) is 6.07 Å². The first-order valence-electron chi connectivity index (χ1n) is 6.89. The van der Waals surface area contributed by atoms with E-state index in [-0.39, 0.29) is 0 Å². The molecule has 2 aromatic rings. The summed E-state index contributed by atoms with van der Waals surface area (Å²) in [5, 5.41) is 13.3. The normalized spacial score (nSPS) is 11.1. The highest BCUT2D eigenvalue weighted by Gasteiger charge is 2.03. The van der Waals surface area contributed by atoms with Crippen molar-refractivity contribution in [3.8, 4) is 6.07 Å². The van der Waals surface area contributed by atoms with Crippen LogP contribution in [0, 0.1) is 11.3 Å². The van der Waals surface area contributed by atoms with E-state index >= 15 is 0 Å². The minimum absolute atomic E-state index is 0.498. The molecule has 1 N–H and O–H groups in total. The Kier molecular flexibility index (Phi) is 4.59. The molecule has 0 amide bonds. The third-order valence-corrected chi connectivity index (χ3v) is 3.24. The number of fused-ring (bicyclic) bond motifs is 1. The topological polar surface area (TPSA) is 40.8 Å². The standard InChI is InChI=1S/C16H21N3/c1-13(2)18-12-14-5-6-15-7-10-19(16(15)11-14)9-4-3-8-17/h5-7,10-11,13,18H,3-4,9,12H2,1-2H3. The lowest BCUT2D eigenvalue weighted by atomic mass is 10.1. The monoisotopic (exact) mass is 255 g/mol. The molecular weight excluding hydrogens is 234 g/mol. The summed E-state index contributed by atoms with van der Waals surface area (Å²) in [5.74, 6) is 0. The fraction of sp³-hybridized carbons (Fsp3) is 0.438. The predicted octanol–water partition coefficient (Wildman–Crippen LogP) is 3.44. The molecule has 1 heterocycles. The number of aromatic nitrogens is 1. The molecule has 19 heavy (non-hydrogen) atoms. The molecule has 3 heteroatoms. The molecule has 0 unspecified atom stereocenters. The molecule has 0 bridgehead atoms. The highest BCUT2D eigenvalue weighted by molar-refractivity contribution is 5.80. The van der Waals surface area contributed by atoms with Crippen LogP contribution in [0.25, 0.3) is 10.9 Å². The van der Waals surface area contributed by atoms with Gasteiger partial charge in [-0.3, -0.25) is 0 Å². The summed E-state index contributed by atoms with van der Waals surface area (Å²) in [7, 11) is 0.